The molecule has 0 bridgehead atoms. The third-order valence-corrected chi connectivity index (χ3v) is 2.69. The standard InChI is InChI=1S/C11H9BrN2O3/c1-17-10-9(11(15)16)6-13-14(10)8-4-2-3-7(12)5-8/h2-6H,1H3,(H,15,16). The van der Waals surface area contributed by atoms with E-state index in [4.69, 9.17) is 9.84 Å². The molecule has 0 aliphatic rings. The van der Waals surface area contributed by atoms with Crippen LogP contribution in [0.25, 0.3) is 5.69 Å². The van der Waals surface area contributed by atoms with Crippen molar-refractivity contribution < 1.29 is 14.6 Å². The van der Waals surface area contributed by atoms with Crippen molar-refractivity contribution in [2.45, 2.75) is 0 Å². The van der Waals surface area contributed by atoms with Crippen molar-refractivity contribution in [3.63, 3.8) is 0 Å². The van der Waals surface area contributed by atoms with Gasteiger partial charge in [0.15, 0.2) is 0 Å². The lowest BCUT2D eigenvalue weighted by Crippen LogP contribution is -2.03. The Labute approximate surface area is 106 Å². The number of rotatable bonds is 3. The highest BCUT2D eigenvalue weighted by molar-refractivity contribution is 9.10. The first kappa shape index (κ1) is 11.7. The van der Waals surface area contributed by atoms with Crippen LogP contribution in [-0.2, 0) is 0 Å². The molecule has 1 aromatic carbocycles. The molecule has 0 fully saturated rings. The number of halogens is 1. The fraction of sp³-hybridized carbons (Fsp3) is 0.0909. The molecule has 0 aliphatic carbocycles. The van der Waals surface area contributed by atoms with E-state index < -0.39 is 5.97 Å². The van der Waals surface area contributed by atoms with Gasteiger partial charge in [0.25, 0.3) is 0 Å². The topological polar surface area (TPSA) is 64.3 Å². The quantitative estimate of drug-likeness (QED) is 0.944. The number of benzene rings is 1. The van der Waals surface area contributed by atoms with Crippen LogP contribution in [0.15, 0.2) is 34.9 Å². The van der Waals surface area contributed by atoms with E-state index >= 15 is 0 Å². The smallest absolute Gasteiger partial charge is 0.342 e. The molecule has 0 saturated carbocycles. The number of hydrogen-bond acceptors (Lipinski definition) is 3. The molecule has 0 atom stereocenters. The molecular formula is C11H9BrN2O3. The summed E-state index contributed by atoms with van der Waals surface area (Å²) in [4.78, 5) is 10.9. The van der Waals surface area contributed by atoms with Gasteiger partial charge in [0.05, 0.1) is 19.0 Å². The Morgan fingerprint density at radius 1 is 1.53 bits per heavy atom. The highest BCUT2D eigenvalue weighted by Crippen LogP contribution is 2.24. The molecule has 0 unspecified atom stereocenters. The molecule has 0 saturated heterocycles. The number of hydrogen-bond donors (Lipinski definition) is 1. The normalized spacial score (nSPS) is 10.2. The van der Waals surface area contributed by atoms with Gasteiger partial charge in [-0.05, 0) is 18.2 Å². The van der Waals surface area contributed by atoms with Gasteiger partial charge >= 0.3 is 5.97 Å². The lowest BCUT2D eigenvalue weighted by atomic mass is 10.3. The second kappa shape index (κ2) is 4.58. The van der Waals surface area contributed by atoms with Gasteiger partial charge in [-0.15, -0.1) is 0 Å². The van der Waals surface area contributed by atoms with Gasteiger partial charge < -0.3 is 9.84 Å². The van der Waals surface area contributed by atoms with E-state index in [1.165, 1.54) is 18.0 Å². The number of methoxy groups -OCH3 is 1. The molecule has 17 heavy (non-hydrogen) atoms. The molecule has 0 aliphatic heterocycles. The summed E-state index contributed by atoms with van der Waals surface area (Å²) in [6.45, 7) is 0. The van der Waals surface area contributed by atoms with Crippen LogP contribution in [0.2, 0.25) is 0 Å². The van der Waals surface area contributed by atoms with E-state index in [1.54, 1.807) is 0 Å². The molecule has 6 heteroatoms. The maximum Gasteiger partial charge on any atom is 0.342 e. The maximum atomic E-state index is 10.9. The maximum absolute atomic E-state index is 10.9. The van der Waals surface area contributed by atoms with E-state index in [9.17, 15) is 4.79 Å². The van der Waals surface area contributed by atoms with Crippen LogP contribution in [0.5, 0.6) is 5.88 Å². The molecule has 0 spiro atoms. The van der Waals surface area contributed by atoms with Gasteiger partial charge in [0.1, 0.15) is 5.56 Å². The minimum atomic E-state index is -1.07. The summed E-state index contributed by atoms with van der Waals surface area (Å²) in [5, 5.41) is 13.0. The van der Waals surface area contributed by atoms with Crippen LogP contribution in [0, 0.1) is 0 Å². The van der Waals surface area contributed by atoms with E-state index in [-0.39, 0.29) is 11.4 Å². The Balaban J connectivity index is 2.56. The first-order valence-corrected chi connectivity index (χ1v) is 5.54. The zero-order chi connectivity index (χ0) is 12.4. The monoisotopic (exact) mass is 296 g/mol. The Kier molecular flexibility index (Phi) is 3.14. The zero-order valence-corrected chi connectivity index (χ0v) is 10.5. The number of nitrogens with zero attached hydrogens (tertiary/aromatic N) is 2. The number of carbonyl (C=O) groups is 1. The number of aromatic nitrogens is 2. The highest BCUT2D eigenvalue weighted by Gasteiger charge is 2.18. The second-order valence-corrected chi connectivity index (χ2v) is 4.18. The van der Waals surface area contributed by atoms with Crippen molar-refractivity contribution in [2.24, 2.45) is 0 Å². The van der Waals surface area contributed by atoms with Crippen molar-refractivity contribution in [2.75, 3.05) is 7.11 Å². The molecule has 2 aromatic rings. The van der Waals surface area contributed by atoms with Gasteiger partial charge in [0, 0.05) is 4.47 Å². The summed E-state index contributed by atoms with van der Waals surface area (Å²) in [5.41, 5.74) is 0.760. The number of carboxylic acid groups (broad SMARTS) is 1. The summed E-state index contributed by atoms with van der Waals surface area (Å²) in [6.07, 6.45) is 1.27. The lowest BCUT2D eigenvalue weighted by Gasteiger charge is -2.06. The molecule has 1 aromatic heterocycles. The number of ether oxygens (including phenoxy) is 1. The lowest BCUT2D eigenvalue weighted by molar-refractivity contribution is 0.0693. The number of aromatic carboxylic acids is 1. The predicted molar refractivity (Wildman–Crippen MR) is 64.8 cm³/mol. The van der Waals surface area contributed by atoms with Crippen molar-refractivity contribution in [3.8, 4) is 11.6 Å². The molecule has 5 nitrogen and oxygen atoms in total. The Morgan fingerprint density at radius 3 is 2.88 bits per heavy atom. The van der Waals surface area contributed by atoms with Crippen LogP contribution in [-0.4, -0.2) is 28.0 Å². The summed E-state index contributed by atoms with van der Waals surface area (Å²) in [6, 6.07) is 7.34. The SMILES string of the molecule is COc1c(C(=O)O)cnn1-c1cccc(Br)c1. The van der Waals surface area contributed by atoms with Crippen LogP contribution in [0.1, 0.15) is 10.4 Å². The molecule has 0 radical (unpaired) electrons. The second-order valence-electron chi connectivity index (χ2n) is 3.26. The first-order valence-electron chi connectivity index (χ1n) is 4.74. The minimum absolute atomic E-state index is 0.0347. The van der Waals surface area contributed by atoms with Crippen LogP contribution in [0.3, 0.4) is 0 Å². The third-order valence-electron chi connectivity index (χ3n) is 2.20. The Bertz CT molecular complexity index is 566. The van der Waals surface area contributed by atoms with Crippen LogP contribution >= 0.6 is 15.9 Å². The van der Waals surface area contributed by atoms with E-state index in [0.29, 0.717) is 0 Å². The molecule has 1 heterocycles. The summed E-state index contributed by atoms with van der Waals surface area (Å²) >= 11 is 3.34. The predicted octanol–water partition coefficient (Wildman–Crippen LogP) is 2.34. The zero-order valence-electron chi connectivity index (χ0n) is 8.92. The Morgan fingerprint density at radius 2 is 2.29 bits per heavy atom. The Hall–Kier alpha value is -1.82. The van der Waals surface area contributed by atoms with Crippen molar-refractivity contribution >= 4 is 21.9 Å². The van der Waals surface area contributed by atoms with E-state index in [0.717, 1.165) is 10.2 Å². The van der Waals surface area contributed by atoms with Crippen LogP contribution in [0.4, 0.5) is 0 Å². The van der Waals surface area contributed by atoms with Crippen LogP contribution < -0.4 is 4.74 Å². The molecule has 88 valence electrons. The van der Waals surface area contributed by atoms with Gasteiger partial charge in [-0.2, -0.15) is 5.10 Å². The van der Waals surface area contributed by atoms with Crippen molar-refractivity contribution in [1.29, 1.82) is 0 Å². The first-order chi connectivity index (χ1) is 8.13. The molecule has 1 N–H and O–H groups in total. The molecular weight excluding hydrogens is 288 g/mol. The largest absolute Gasteiger partial charge is 0.480 e. The minimum Gasteiger partial charge on any atom is -0.480 e. The van der Waals surface area contributed by atoms with Gasteiger partial charge in [-0.1, -0.05) is 22.0 Å². The summed E-state index contributed by atoms with van der Waals surface area (Å²) < 4.78 is 7.39. The average molecular weight is 297 g/mol. The van der Waals surface area contributed by atoms with E-state index in [2.05, 4.69) is 21.0 Å². The van der Waals surface area contributed by atoms with Gasteiger partial charge in [-0.3, -0.25) is 0 Å². The third kappa shape index (κ3) is 2.16. The average Bonchev–Trinajstić information content (AvgIpc) is 2.72. The van der Waals surface area contributed by atoms with Crippen molar-refractivity contribution in [3.05, 3.63) is 40.5 Å². The van der Waals surface area contributed by atoms with E-state index in [1.807, 2.05) is 24.3 Å². The molecule has 2 rings (SSSR count). The summed E-state index contributed by atoms with van der Waals surface area (Å²) in [5.74, 6) is -0.862. The van der Waals surface area contributed by atoms with Gasteiger partial charge in [-0.25, -0.2) is 9.48 Å². The fourth-order valence-corrected chi connectivity index (χ4v) is 1.86. The molecule has 0 amide bonds. The summed E-state index contributed by atoms with van der Waals surface area (Å²) in [7, 11) is 1.41. The fourth-order valence-electron chi connectivity index (χ4n) is 1.47. The van der Waals surface area contributed by atoms with Crippen molar-refractivity contribution in [1.82, 2.24) is 9.78 Å². The number of carboxylic acids is 1. The highest BCUT2D eigenvalue weighted by atomic mass is 79.9. The van der Waals surface area contributed by atoms with Gasteiger partial charge in [0.2, 0.25) is 5.88 Å².